The first kappa shape index (κ1) is 121. The van der Waals surface area contributed by atoms with Crippen molar-refractivity contribution in [2.45, 2.75) is 389 Å². The zero-order valence-electron chi connectivity index (χ0n) is 82.7. The maximum Gasteiger partial charge on any atom is 0.407 e. The fourth-order valence-corrected chi connectivity index (χ4v) is 24.3. The molecule has 0 bridgehead atoms. The molecule has 2 atom stereocenters. The van der Waals surface area contributed by atoms with Crippen molar-refractivity contribution < 1.29 is 0 Å². The van der Waals surface area contributed by atoms with Crippen LogP contribution in [0.5, 0.6) is 0 Å². The van der Waals surface area contributed by atoms with Crippen LogP contribution in [0.3, 0.4) is 0 Å². The fraction of sp³-hybridized carbons (Fsp3) is 0.764. The predicted octanol–water partition coefficient (Wildman–Crippen LogP) is 25.3. The summed E-state index contributed by atoms with van der Waals surface area (Å²) in [6.07, 6.45) is 26.6. The van der Waals surface area contributed by atoms with Crippen LogP contribution in [0.25, 0.3) is 0 Å². The van der Waals surface area contributed by atoms with Gasteiger partial charge in [-0.3, -0.25) is 34.9 Å². The van der Waals surface area contributed by atoms with E-state index >= 15 is 0 Å². The van der Waals surface area contributed by atoms with Crippen molar-refractivity contribution in [1.82, 2.24) is 27.2 Å². The van der Waals surface area contributed by atoms with Crippen LogP contribution in [0.2, 0.25) is 81.0 Å². The molecule has 0 aliphatic heterocycles. The minimum Gasteiger partial charge on any atom is -0.469 e. The number of aliphatic imine (C=N–C) groups is 7. The number of hydrogen-bond acceptors (Lipinski definition) is 14. The zero-order valence-corrected chi connectivity index (χ0v) is 90.8. The van der Waals surface area contributed by atoms with Crippen LogP contribution in [0.15, 0.2) is 117 Å². The second-order valence-electron chi connectivity index (χ2n) is 32.0. The van der Waals surface area contributed by atoms with Gasteiger partial charge in [-0.05, 0) is 324 Å². The van der Waals surface area contributed by atoms with E-state index in [0.717, 1.165) is 101 Å². The van der Waals surface area contributed by atoms with E-state index in [2.05, 4.69) is 391 Å². The minimum atomic E-state index is -0.839. The van der Waals surface area contributed by atoms with Gasteiger partial charge < -0.3 is 27.2 Å². The van der Waals surface area contributed by atoms with Gasteiger partial charge in [-0.1, -0.05) is 150 Å². The van der Waals surface area contributed by atoms with Crippen molar-refractivity contribution in [3.8, 4) is 0 Å². The zero-order chi connectivity index (χ0) is 87.4. The molecule has 110 heavy (non-hydrogen) atoms. The molecule has 0 spiro atoms. The number of rotatable bonds is 41. The Hall–Kier alpha value is -1.80. The number of nitrogens with zero attached hydrogens (tertiary/aromatic N) is 14. The summed E-state index contributed by atoms with van der Waals surface area (Å²) in [5.41, 5.74) is 18.2. The van der Waals surface area contributed by atoms with Crippen molar-refractivity contribution in [3.63, 3.8) is 0 Å². The normalized spacial score (nSPS) is 13.7. The molecule has 0 aromatic carbocycles. The molecule has 0 heterocycles. The standard InChI is InChI=1S/C15H29N2.C13H25N2.2C11H21N2.2C9H17N2.C7H13N2.14CH3.7Al/c1-7-12(5)16-14(9-3)11-15(10-4)17-13(6)8-2;1-7-12(14-10(3)4)9-13(8-2)15-11(5)6;1-8(2)12-10(5)7-11(6)13-9(3)4;1-5-10(12-7-3)9-11(6-2)13-8-4;1-5-8(10-3)7-9(6-2)11-4;1-5-10-8(3)7-9(4)11-6-2;1-6(8-3)5-7(2)9-4;;;;;;;;;;;;;;;;;;;;;/h11-13H,7-10H2,1-6H3;9-11H,7-8H2,1-6H3;7-9H,1-6H3;9H,5-8H2,1-4H3;2*7H,5-6H2,1-4H3;5H,1-4H3;14*1H3;;;;;;;/q7*-1;;;;;;;;;;;;;;;7*+1/b14-11-,17-15?;12-9-,15-13?;10-7-,13-11?;10-9-,13-11?;2*8-7-,11-9?;6-5-,9-7?;;;;;;;;;;;;;;;;;;;;;. The van der Waals surface area contributed by atoms with E-state index in [1.807, 2.05) is 21.0 Å². The molecule has 14 nitrogen and oxygen atoms in total. The quantitative estimate of drug-likeness (QED) is 0.0443. The lowest BCUT2D eigenvalue weighted by molar-refractivity contribution is 0.393. The van der Waals surface area contributed by atoms with Gasteiger partial charge in [0.05, 0.1) is 0 Å². The van der Waals surface area contributed by atoms with Gasteiger partial charge in [0.25, 0.3) is 0 Å². The number of allylic oxidation sites excluding steroid dienone is 14. The molecule has 0 fully saturated rings. The van der Waals surface area contributed by atoms with Crippen molar-refractivity contribution in [2.75, 3.05) is 54.4 Å². The molecular formula is C89H185Al7N14. The highest BCUT2D eigenvalue weighted by molar-refractivity contribution is 6.55. The Kier molecular flexibility index (Phi) is 81.2. The Morgan fingerprint density at radius 3 is 0.991 bits per heavy atom. The van der Waals surface area contributed by atoms with Crippen LogP contribution in [0.1, 0.15) is 272 Å². The van der Waals surface area contributed by atoms with Crippen LogP contribution < -0.4 is 0 Å². The van der Waals surface area contributed by atoms with Gasteiger partial charge in [-0.25, -0.2) is 0 Å². The van der Waals surface area contributed by atoms with E-state index in [1.165, 1.54) is 69.1 Å². The smallest absolute Gasteiger partial charge is 0.407 e. The summed E-state index contributed by atoms with van der Waals surface area (Å²) >= 11 is -5.29. The summed E-state index contributed by atoms with van der Waals surface area (Å²) in [4.78, 5) is 31.4. The Morgan fingerprint density at radius 1 is 0.309 bits per heavy atom. The molecule has 0 aromatic heterocycles. The van der Waals surface area contributed by atoms with Crippen molar-refractivity contribution in [1.29, 1.82) is 0 Å². The lowest BCUT2D eigenvalue weighted by atomic mass is 10.1. The van der Waals surface area contributed by atoms with Gasteiger partial charge in [0, 0.05) is 91.3 Å². The molecule has 0 N–H and O–H groups in total. The summed E-state index contributed by atoms with van der Waals surface area (Å²) in [5, 5.41) is 0. The van der Waals surface area contributed by atoms with Gasteiger partial charge in [-0.15, -0.1) is 0 Å². The van der Waals surface area contributed by atoms with Crippen LogP contribution in [0.4, 0.5) is 0 Å². The molecule has 0 rings (SSSR count). The SMILES string of the molecule is CC(/C=C(/C)[N](C(C)C)[Al]([CH3])[CH3])=NC(C)C.CCC(/C=C(/CC)[N](C(C)C)[Al]([CH3])[CH3])=NC(C)C.CCC(/C=C(/CC)[N](C(C)CC)[Al]([CH3])[CH3])=NC(C)CC.CCC(/C=C(/CC)[N](C)[Al]([CH3])[CH3])=NC.CCN=C(/C=C(/CC)[N](CC)[Al]([CH3])[CH3])CC.CCN=C(C)/C=C(/C)[N](CC)[Al]([CH3])[CH3].CN=C(C)/C=C(/C)[N](C)[Al]([CH3])[CH3]. The molecule has 632 valence electrons. The van der Waals surface area contributed by atoms with Crippen molar-refractivity contribution in [3.05, 3.63) is 82.4 Å². The molecule has 0 radical (unpaired) electrons. The highest BCUT2D eigenvalue weighted by Gasteiger charge is 2.24. The summed E-state index contributed by atoms with van der Waals surface area (Å²) in [6, 6.07) is 3.04. The third kappa shape index (κ3) is 59.8. The Balaban J connectivity index is -0.000000226. The van der Waals surface area contributed by atoms with E-state index < -0.39 is 101 Å². The third-order valence-corrected chi connectivity index (χ3v) is 32.9. The van der Waals surface area contributed by atoms with E-state index in [0.29, 0.717) is 36.3 Å². The second-order valence-corrected chi connectivity index (χ2v) is 51.7. The fourth-order valence-electron chi connectivity index (χ4n) is 12.9. The minimum absolute atomic E-state index is 0.382. The lowest BCUT2D eigenvalue weighted by Gasteiger charge is -2.36. The molecule has 0 aromatic rings. The maximum atomic E-state index is 4.86. The van der Waals surface area contributed by atoms with Crippen LogP contribution in [-0.2, 0) is 0 Å². The highest BCUT2D eigenvalue weighted by Crippen LogP contribution is 2.21. The largest absolute Gasteiger partial charge is 0.469 e. The first-order chi connectivity index (χ1) is 51.2. The van der Waals surface area contributed by atoms with Gasteiger partial charge in [0.15, 0.2) is 0 Å². The van der Waals surface area contributed by atoms with Crippen molar-refractivity contribution in [2.24, 2.45) is 34.9 Å². The average Bonchev–Trinajstić information content (AvgIpc) is 0.874. The molecule has 0 saturated carbocycles. The topological polar surface area (TPSA) is 109 Å². The van der Waals surface area contributed by atoms with E-state index in [-0.39, 0.29) is 0 Å². The molecule has 0 aliphatic carbocycles. The van der Waals surface area contributed by atoms with Crippen molar-refractivity contribution >= 4 is 141 Å². The van der Waals surface area contributed by atoms with Gasteiger partial charge >= 0.3 is 101 Å². The molecule has 0 aliphatic rings. The predicted molar refractivity (Wildman–Crippen MR) is 526 cm³/mol. The monoisotopic (exact) mass is 1640 g/mol. The van der Waals surface area contributed by atoms with Crippen LogP contribution >= 0.6 is 0 Å². The molecule has 0 saturated heterocycles. The average molecular weight is 1640 g/mol. The summed E-state index contributed by atoms with van der Waals surface area (Å²) in [5.74, 6) is 33.2. The molecule has 0 amide bonds. The Morgan fingerprint density at radius 2 is 0.682 bits per heavy atom. The van der Waals surface area contributed by atoms with Gasteiger partial charge in [0.1, 0.15) is 0 Å². The first-order valence-electron chi connectivity index (χ1n) is 44.0. The molecule has 21 heteroatoms. The summed E-state index contributed by atoms with van der Waals surface area (Å²) in [7, 11) is 8.06. The molecular weight excluding hydrogens is 1450 g/mol. The number of hydrogen-bond donors (Lipinski definition) is 0. The maximum absolute atomic E-state index is 4.86. The van der Waals surface area contributed by atoms with Gasteiger partial charge in [0.2, 0.25) is 0 Å². The third-order valence-electron chi connectivity index (χ3n) is 19.0. The lowest BCUT2D eigenvalue weighted by Crippen LogP contribution is -2.40. The highest BCUT2D eigenvalue weighted by atomic mass is 27.2. The van der Waals surface area contributed by atoms with E-state index in [1.54, 1.807) is 0 Å². The first-order valence-corrected chi connectivity index (χ1v) is 63.8. The van der Waals surface area contributed by atoms with Crippen LogP contribution in [-0.4, -0.2) is 258 Å². The summed E-state index contributed by atoms with van der Waals surface area (Å²) < 4.78 is 17.8. The van der Waals surface area contributed by atoms with E-state index in [4.69, 9.17) is 9.98 Å². The second kappa shape index (κ2) is 73.6. The molecule has 2 unspecified atom stereocenters. The van der Waals surface area contributed by atoms with E-state index in [9.17, 15) is 0 Å². The van der Waals surface area contributed by atoms with Gasteiger partial charge in [-0.2, -0.15) is 0 Å². The Labute approximate surface area is 721 Å². The van der Waals surface area contributed by atoms with Crippen LogP contribution in [0, 0.1) is 0 Å². The Bertz CT molecular complexity index is 2780. The summed E-state index contributed by atoms with van der Waals surface area (Å²) in [6.45, 7) is 69.8.